The average molecular weight is 378 g/mol. The molecule has 8 heteroatoms. The van der Waals surface area contributed by atoms with Crippen LogP contribution in [0, 0.1) is 0 Å². The molecule has 0 bridgehead atoms. The Morgan fingerprint density at radius 3 is 2.29 bits per heavy atom. The Balaban J connectivity index is 0.00000288. The molecule has 0 amide bonds. The fourth-order valence-corrected chi connectivity index (χ4v) is 2.39. The predicted molar refractivity (Wildman–Crippen MR) is 95.6 cm³/mol. The first-order valence-electron chi connectivity index (χ1n) is 6.63. The van der Waals surface area contributed by atoms with Gasteiger partial charge in [0.05, 0.1) is 22.2 Å². The summed E-state index contributed by atoms with van der Waals surface area (Å²) in [6.07, 6.45) is -0.0709. The van der Waals surface area contributed by atoms with E-state index < -0.39 is 18.5 Å². The molecule has 0 spiro atoms. The summed E-state index contributed by atoms with van der Waals surface area (Å²) in [6.45, 7) is -0.662. The van der Waals surface area contributed by atoms with E-state index in [1.54, 1.807) is 42.5 Å². The molecule has 0 radical (unpaired) electrons. The first kappa shape index (κ1) is 20.8. The molecule has 0 aliphatic rings. The second-order valence-electron chi connectivity index (χ2n) is 4.61. The van der Waals surface area contributed by atoms with Crippen molar-refractivity contribution in [3.63, 3.8) is 0 Å². The zero-order valence-electron chi connectivity index (χ0n) is 11.9. The van der Waals surface area contributed by atoms with Crippen LogP contribution in [-0.2, 0) is 20.7 Å². The van der Waals surface area contributed by atoms with Crippen LogP contribution in [0.3, 0.4) is 0 Å². The van der Waals surface area contributed by atoms with Gasteiger partial charge in [0, 0.05) is 5.69 Å². The SMILES string of the molecule is O=C(O)COC(=O)Cc1ccccc1Nc1c(Cl)cccc1Cl.[NaH]. The van der Waals surface area contributed by atoms with E-state index in [1.807, 2.05) is 0 Å². The second-order valence-corrected chi connectivity index (χ2v) is 5.42. The van der Waals surface area contributed by atoms with Crippen LogP contribution in [0.2, 0.25) is 10.0 Å². The van der Waals surface area contributed by atoms with Crippen molar-refractivity contribution in [3.8, 4) is 0 Å². The third-order valence-corrected chi connectivity index (χ3v) is 3.56. The maximum atomic E-state index is 11.7. The van der Waals surface area contributed by atoms with Gasteiger partial charge in [0.2, 0.25) is 0 Å². The summed E-state index contributed by atoms with van der Waals surface area (Å²) in [5.41, 5.74) is 1.80. The third-order valence-electron chi connectivity index (χ3n) is 2.93. The fraction of sp³-hybridized carbons (Fsp3) is 0.125. The number of esters is 1. The van der Waals surface area contributed by atoms with Gasteiger partial charge in [-0.25, -0.2) is 4.79 Å². The molecule has 122 valence electrons. The van der Waals surface area contributed by atoms with Crippen molar-refractivity contribution >= 4 is 76.1 Å². The van der Waals surface area contributed by atoms with Gasteiger partial charge in [-0.2, -0.15) is 0 Å². The van der Waals surface area contributed by atoms with Gasteiger partial charge in [0.1, 0.15) is 0 Å². The Hall–Kier alpha value is -1.24. The second kappa shape index (κ2) is 9.91. The van der Waals surface area contributed by atoms with Gasteiger partial charge >= 0.3 is 41.5 Å². The van der Waals surface area contributed by atoms with Crippen molar-refractivity contribution in [3.05, 3.63) is 58.1 Å². The summed E-state index contributed by atoms with van der Waals surface area (Å²) < 4.78 is 4.64. The van der Waals surface area contributed by atoms with Crippen molar-refractivity contribution < 1.29 is 19.4 Å². The molecule has 0 fully saturated rings. The van der Waals surface area contributed by atoms with Gasteiger partial charge in [-0.05, 0) is 23.8 Å². The zero-order chi connectivity index (χ0) is 16.8. The van der Waals surface area contributed by atoms with Gasteiger partial charge in [0.15, 0.2) is 6.61 Å². The maximum absolute atomic E-state index is 11.7. The summed E-state index contributed by atoms with van der Waals surface area (Å²) in [5, 5.41) is 12.5. The molecule has 2 N–H and O–H groups in total. The van der Waals surface area contributed by atoms with Crippen molar-refractivity contribution in [2.45, 2.75) is 6.42 Å². The molecule has 5 nitrogen and oxygen atoms in total. The average Bonchev–Trinajstić information content (AvgIpc) is 2.50. The Morgan fingerprint density at radius 1 is 1.04 bits per heavy atom. The number of hydrogen-bond donors (Lipinski definition) is 2. The number of carbonyl (C=O) groups excluding carboxylic acids is 1. The Morgan fingerprint density at radius 2 is 1.67 bits per heavy atom. The molecule has 0 atom stereocenters. The van der Waals surface area contributed by atoms with Gasteiger partial charge in [-0.3, -0.25) is 4.79 Å². The van der Waals surface area contributed by atoms with E-state index in [9.17, 15) is 9.59 Å². The van der Waals surface area contributed by atoms with Gasteiger partial charge in [-0.15, -0.1) is 0 Å². The fourth-order valence-electron chi connectivity index (χ4n) is 1.90. The predicted octanol–water partition coefficient (Wildman–Crippen LogP) is 3.26. The number of carbonyl (C=O) groups is 2. The number of halogens is 2. The van der Waals surface area contributed by atoms with Crippen molar-refractivity contribution in [1.82, 2.24) is 0 Å². The minimum absolute atomic E-state index is 0. The summed E-state index contributed by atoms with van der Waals surface area (Å²) in [4.78, 5) is 22.1. The van der Waals surface area contributed by atoms with Crippen molar-refractivity contribution in [1.29, 1.82) is 0 Å². The first-order chi connectivity index (χ1) is 11.0. The van der Waals surface area contributed by atoms with Crippen LogP contribution < -0.4 is 5.32 Å². The van der Waals surface area contributed by atoms with E-state index in [-0.39, 0.29) is 36.0 Å². The number of carboxylic acids is 1. The molecule has 2 rings (SSSR count). The number of para-hydroxylation sites is 2. The number of rotatable bonds is 6. The monoisotopic (exact) mass is 377 g/mol. The number of hydrogen-bond acceptors (Lipinski definition) is 4. The van der Waals surface area contributed by atoms with Gasteiger partial charge in [0.25, 0.3) is 0 Å². The summed E-state index contributed by atoms with van der Waals surface area (Å²) in [6, 6.07) is 12.2. The first-order valence-corrected chi connectivity index (χ1v) is 7.39. The number of benzene rings is 2. The summed E-state index contributed by atoms with van der Waals surface area (Å²) in [5.74, 6) is -1.83. The number of aliphatic carboxylic acids is 1. The van der Waals surface area contributed by atoms with E-state index in [2.05, 4.69) is 10.1 Å². The van der Waals surface area contributed by atoms with Crippen molar-refractivity contribution in [2.75, 3.05) is 11.9 Å². The number of ether oxygens (including phenoxy) is 1. The molecule has 2 aromatic rings. The van der Waals surface area contributed by atoms with E-state index in [0.29, 0.717) is 27.0 Å². The molecule has 0 aliphatic carbocycles. The van der Waals surface area contributed by atoms with Gasteiger partial charge < -0.3 is 15.2 Å². The Bertz CT molecular complexity index is 720. The van der Waals surface area contributed by atoms with E-state index in [1.165, 1.54) is 0 Å². The number of carboxylic acid groups (broad SMARTS) is 1. The zero-order valence-corrected chi connectivity index (χ0v) is 13.4. The van der Waals surface area contributed by atoms with Crippen LogP contribution in [0.5, 0.6) is 0 Å². The normalized spacial score (nSPS) is 9.75. The standard InChI is InChI=1S/C16H13Cl2NO4.Na.H/c17-11-5-3-6-12(18)16(11)19-13-7-2-1-4-10(13)8-15(22)23-9-14(20)21;;/h1-7,19H,8-9H2,(H,20,21);;. The van der Waals surface area contributed by atoms with Crippen LogP contribution >= 0.6 is 23.2 Å². The summed E-state index contributed by atoms with van der Waals surface area (Å²) in [7, 11) is 0. The van der Waals surface area contributed by atoms with Crippen LogP contribution in [0.1, 0.15) is 5.56 Å². The number of nitrogens with one attached hydrogen (secondary N) is 1. The molecule has 0 saturated carbocycles. The van der Waals surface area contributed by atoms with E-state index in [0.717, 1.165) is 0 Å². The quantitative estimate of drug-likeness (QED) is 0.596. The van der Waals surface area contributed by atoms with Crippen LogP contribution in [0.25, 0.3) is 0 Å². The Kier molecular flexibility index (Phi) is 8.59. The van der Waals surface area contributed by atoms with Crippen molar-refractivity contribution in [2.24, 2.45) is 0 Å². The molecular formula is C16H14Cl2NNaO4. The van der Waals surface area contributed by atoms with E-state index in [4.69, 9.17) is 28.3 Å². The van der Waals surface area contributed by atoms with Crippen LogP contribution in [-0.4, -0.2) is 53.2 Å². The topological polar surface area (TPSA) is 75.6 Å². The minimum atomic E-state index is -1.20. The van der Waals surface area contributed by atoms with Gasteiger partial charge in [-0.1, -0.05) is 47.5 Å². The van der Waals surface area contributed by atoms with Crippen LogP contribution in [0.15, 0.2) is 42.5 Å². The number of anilines is 2. The molecule has 2 aromatic carbocycles. The van der Waals surface area contributed by atoms with E-state index >= 15 is 0 Å². The molecular weight excluding hydrogens is 364 g/mol. The Labute approximate surface area is 171 Å². The molecule has 0 saturated heterocycles. The summed E-state index contributed by atoms with van der Waals surface area (Å²) >= 11 is 12.2. The molecule has 0 aliphatic heterocycles. The molecule has 0 unspecified atom stereocenters. The molecule has 0 aromatic heterocycles. The third kappa shape index (κ3) is 6.00. The molecule has 24 heavy (non-hydrogen) atoms. The van der Waals surface area contributed by atoms with Crippen LogP contribution in [0.4, 0.5) is 11.4 Å². The molecule has 0 heterocycles.